The Labute approximate surface area is 89.7 Å². The van der Waals surface area contributed by atoms with Crippen molar-refractivity contribution in [3.05, 3.63) is 29.6 Å². The molecule has 0 aliphatic heterocycles. The van der Waals surface area contributed by atoms with Crippen LogP contribution in [0, 0.1) is 11.7 Å². The van der Waals surface area contributed by atoms with Gasteiger partial charge in [0, 0.05) is 0 Å². The van der Waals surface area contributed by atoms with Crippen molar-refractivity contribution in [2.45, 2.75) is 26.4 Å². The van der Waals surface area contributed by atoms with E-state index in [4.69, 9.17) is 4.74 Å². The Morgan fingerprint density at radius 3 is 2.60 bits per heavy atom. The van der Waals surface area contributed by atoms with Crippen LogP contribution in [-0.2, 0) is 0 Å². The minimum absolute atomic E-state index is 0.123. The van der Waals surface area contributed by atoms with E-state index in [1.54, 1.807) is 6.07 Å². The second-order valence-corrected chi connectivity index (χ2v) is 3.72. The van der Waals surface area contributed by atoms with Crippen LogP contribution in [0.25, 0.3) is 0 Å². The first-order valence-corrected chi connectivity index (χ1v) is 5.11. The highest BCUT2D eigenvalue weighted by Gasteiger charge is 2.16. The van der Waals surface area contributed by atoms with Gasteiger partial charge in [0.2, 0.25) is 0 Å². The number of ether oxygens (including phenoxy) is 1. The normalized spacial score (nSPS) is 14.7. The molecule has 0 saturated heterocycles. The standard InChI is InChI=1S/C12H17FO2/c1-4-8(2)12(14)9-5-6-11(15-3)10(13)7-9/h5-8,12,14H,4H2,1-3H3/t8-,12?/m1/s1. The first-order chi connectivity index (χ1) is 7.10. The molecule has 0 aliphatic carbocycles. The van der Waals surface area contributed by atoms with Crippen LogP contribution < -0.4 is 4.74 Å². The van der Waals surface area contributed by atoms with Gasteiger partial charge in [0.1, 0.15) is 0 Å². The fourth-order valence-corrected chi connectivity index (χ4v) is 1.42. The topological polar surface area (TPSA) is 29.5 Å². The molecule has 0 amide bonds. The maximum atomic E-state index is 13.3. The van der Waals surface area contributed by atoms with Crippen LogP contribution in [0.3, 0.4) is 0 Å². The molecule has 3 heteroatoms. The summed E-state index contributed by atoms with van der Waals surface area (Å²) in [6, 6.07) is 4.56. The lowest BCUT2D eigenvalue weighted by atomic mass is 9.95. The summed E-state index contributed by atoms with van der Waals surface area (Å²) in [5.41, 5.74) is 0.600. The molecule has 1 aromatic carbocycles. The monoisotopic (exact) mass is 212 g/mol. The summed E-state index contributed by atoms with van der Waals surface area (Å²) in [6.45, 7) is 3.93. The molecule has 0 bridgehead atoms. The van der Waals surface area contributed by atoms with Crippen LogP contribution in [0.1, 0.15) is 31.9 Å². The fraction of sp³-hybridized carbons (Fsp3) is 0.500. The molecule has 0 saturated carbocycles. The van der Waals surface area contributed by atoms with Gasteiger partial charge in [0.25, 0.3) is 0 Å². The van der Waals surface area contributed by atoms with Crippen molar-refractivity contribution in [2.24, 2.45) is 5.92 Å². The number of halogens is 1. The quantitative estimate of drug-likeness (QED) is 0.831. The lowest BCUT2D eigenvalue weighted by Crippen LogP contribution is -2.08. The second kappa shape index (κ2) is 5.12. The number of methoxy groups -OCH3 is 1. The Hall–Kier alpha value is -1.09. The zero-order valence-electron chi connectivity index (χ0n) is 9.33. The zero-order chi connectivity index (χ0) is 11.4. The van der Waals surface area contributed by atoms with Crippen LogP contribution in [0.4, 0.5) is 4.39 Å². The minimum Gasteiger partial charge on any atom is -0.494 e. The lowest BCUT2D eigenvalue weighted by Gasteiger charge is -2.17. The van der Waals surface area contributed by atoms with E-state index >= 15 is 0 Å². The summed E-state index contributed by atoms with van der Waals surface area (Å²) < 4.78 is 18.2. The van der Waals surface area contributed by atoms with Gasteiger partial charge in [0.05, 0.1) is 13.2 Å². The number of rotatable bonds is 4. The molecule has 2 nitrogen and oxygen atoms in total. The summed E-state index contributed by atoms with van der Waals surface area (Å²) in [6.07, 6.45) is 0.241. The third-order valence-electron chi connectivity index (χ3n) is 2.70. The van der Waals surface area contributed by atoms with Crippen molar-refractivity contribution in [1.82, 2.24) is 0 Å². The Bertz CT molecular complexity index is 325. The second-order valence-electron chi connectivity index (χ2n) is 3.72. The van der Waals surface area contributed by atoms with Gasteiger partial charge < -0.3 is 9.84 Å². The number of aliphatic hydroxyl groups excluding tert-OH is 1. The summed E-state index contributed by atoms with van der Waals surface area (Å²) in [5.74, 6) is -0.106. The van der Waals surface area contributed by atoms with E-state index in [2.05, 4.69) is 0 Å². The SMILES string of the molecule is CC[C@@H](C)C(O)c1ccc(OC)c(F)c1. The summed E-state index contributed by atoms with van der Waals surface area (Å²) in [7, 11) is 1.42. The van der Waals surface area contributed by atoms with Gasteiger partial charge in [0.15, 0.2) is 11.6 Å². The highest BCUT2D eigenvalue weighted by Crippen LogP contribution is 2.27. The van der Waals surface area contributed by atoms with Crippen LogP contribution in [-0.4, -0.2) is 12.2 Å². The molecule has 0 heterocycles. The average Bonchev–Trinajstić information content (AvgIpc) is 2.26. The van der Waals surface area contributed by atoms with Gasteiger partial charge in [-0.25, -0.2) is 4.39 Å². The molecule has 1 N–H and O–H groups in total. The largest absolute Gasteiger partial charge is 0.494 e. The fourth-order valence-electron chi connectivity index (χ4n) is 1.42. The summed E-state index contributed by atoms with van der Waals surface area (Å²) in [4.78, 5) is 0. The van der Waals surface area contributed by atoms with E-state index in [0.29, 0.717) is 5.56 Å². The van der Waals surface area contributed by atoms with Crippen LogP contribution in [0.5, 0.6) is 5.75 Å². The van der Waals surface area contributed by atoms with Gasteiger partial charge in [-0.15, -0.1) is 0 Å². The van der Waals surface area contributed by atoms with Crippen LogP contribution >= 0.6 is 0 Å². The van der Waals surface area contributed by atoms with E-state index in [-0.39, 0.29) is 11.7 Å². The van der Waals surface area contributed by atoms with Crippen LogP contribution in [0.15, 0.2) is 18.2 Å². The zero-order valence-corrected chi connectivity index (χ0v) is 9.33. The van der Waals surface area contributed by atoms with Crippen molar-refractivity contribution in [3.8, 4) is 5.75 Å². The van der Waals surface area contributed by atoms with Crippen LogP contribution in [0.2, 0.25) is 0 Å². The number of hydrogen-bond acceptors (Lipinski definition) is 2. The molecule has 0 spiro atoms. The number of hydrogen-bond donors (Lipinski definition) is 1. The summed E-state index contributed by atoms with van der Waals surface area (Å²) in [5, 5.41) is 9.87. The predicted octanol–water partition coefficient (Wildman–Crippen LogP) is 2.91. The molecule has 84 valence electrons. The molecule has 0 radical (unpaired) electrons. The number of aliphatic hydroxyl groups is 1. The smallest absolute Gasteiger partial charge is 0.165 e. The first kappa shape index (κ1) is 12.0. The first-order valence-electron chi connectivity index (χ1n) is 5.11. The van der Waals surface area contributed by atoms with Crippen molar-refractivity contribution in [2.75, 3.05) is 7.11 Å². The Morgan fingerprint density at radius 1 is 1.47 bits per heavy atom. The lowest BCUT2D eigenvalue weighted by molar-refractivity contribution is 0.115. The molecule has 0 aromatic heterocycles. The molecule has 15 heavy (non-hydrogen) atoms. The van der Waals surface area contributed by atoms with Crippen molar-refractivity contribution in [1.29, 1.82) is 0 Å². The Balaban J connectivity index is 2.92. The van der Waals surface area contributed by atoms with Gasteiger partial charge in [-0.05, 0) is 23.6 Å². The average molecular weight is 212 g/mol. The van der Waals surface area contributed by atoms with E-state index in [9.17, 15) is 9.50 Å². The maximum absolute atomic E-state index is 13.3. The summed E-state index contributed by atoms with van der Waals surface area (Å²) >= 11 is 0. The van der Waals surface area contributed by atoms with E-state index in [1.807, 2.05) is 13.8 Å². The minimum atomic E-state index is -0.615. The van der Waals surface area contributed by atoms with E-state index < -0.39 is 11.9 Å². The van der Waals surface area contributed by atoms with Crippen molar-refractivity contribution in [3.63, 3.8) is 0 Å². The molecule has 0 aliphatic rings. The number of benzene rings is 1. The molecular formula is C12H17FO2. The molecule has 1 rings (SSSR count). The molecule has 1 unspecified atom stereocenters. The van der Waals surface area contributed by atoms with Gasteiger partial charge >= 0.3 is 0 Å². The maximum Gasteiger partial charge on any atom is 0.165 e. The molecule has 2 atom stereocenters. The highest BCUT2D eigenvalue weighted by molar-refractivity contribution is 5.30. The Morgan fingerprint density at radius 2 is 2.13 bits per heavy atom. The van der Waals surface area contributed by atoms with E-state index in [0.717, 1.165) is 6.42 Å². The molecule has 1 aromatic rings. The third kappa shape index (κ3) is 2.69. The third-order valence-corrected chi connectivity index (χ3v) is 2.70. The molecule has 0 fully saturated rings. The van der Waals surface area contributed by atoms with Gasteiger partial charge in [-0.1, -0.05) is 26.3 Å². The predicted molar refractivity (Wildman–Crippen MR) is 57.4 cm³/mol. The highest BCUT2D eigenvalue weighted by atomic mass is 19.1. The van der Waals surface area contributed by atoms with E-state index in [1.165, 1.54) is 19.2 Å². The van der Waals surface area contributed by atoms with Gasteiger partial charge in [-0.3, -0.25) is 0 Å². The Kier molecular flexibility index (Phi) is 4.09. The van der Waals surface area contributed by atoms with Crippen molar-refractivity contribution < 1.29 is 14.2 Å². The van der Waals surface area contributed by atoms with Crippen molar-refractivity contribution >= 4 is 0 Å². The van der Waals surface area contributed by atoms with Gasteiger partial charge in [-0.2, -0.15) is 0 Å². The molecular weight excluding hydrogens is 195 g/mol.